The van der Waals surface area contributed by atoms with Crippen molar-refractivity contribution < 1.29 is 14.3 Å². The molecule has 1 aliphatic carbocycles. The Morgan fingerprint density at radius 3 is 2.42 bits per heavy atom. The predicted octanol–water partition coefficient (Wildman–Crippen LogP) is 4.17. The molecule has 2 aliphatic rings. The van der Waals surface area contributed by atoms with Crippen LogP contribution < -0.4 is 10.1 Å². The van der Waals surface area contributed by atoms with Crippen LogP contribution in [0.25, 0.3) is 0 Å². The van der Waals surface area contributed by atoms with E-state index in [-0.39, 0.29) is 29.8 Å². The van der Waals surface area contributed by atoms with Gasteiger partial charge in [-0.25, -0.2) is 0 Å². The van der Waals surface area contributed by atoms with E-state index in [0.29, 0.717) is 5.75 Å². The van der Waals surface area contributed by atoms with Crippen LogP contribution in [0.4, 0.5) is 0 Å². The molecule has 1 fully saturated rings. The van der Waals surface area contributed by atoms with Crippen molar-refractivity contribution in [3.05, 3.63) is 64.7 Å². The first kappa shape index (κ1) is 21.4. The lowest BCUT2D eigenvalue weighted by molar-refractivity contribution is -0.134. The van der Waals surface area contributed by atoms with E-state index < -0.39 is 6.10 Å². The Morgan fingerprint density at radius 1 is 1.06 bits per heavy atom. The van der Waals surface area contributed by atoms with Crippen molar-refractivity contribution in [1.82, 2.24) is 10.2 Å². The van der Waals surface area contributed by atoms with Crippen LogP contribution in [0.2, 0.25) is 0 Å². The van der Waals surface area contributed by atoms with Gasteiger partial charge in [-0.2, -0.15) is 0 Å². The number of nitrogens with zero attached hydrogens (tertiary/aromatic N) is 1. The summed E-state index contributed by atoms with van der Waals surface area (Å²) >= 11 is 0. The number of fused-ring (bicyclic) bond motifs is 1. The molecule has 0 bridgehead atoms. The minimum absolute atomic E-state index is 0.0648. The molecule has 2 aromatic carbocycles. The summed E-state index contributed by atoms with van der Waals surface area (Å²) in [6, 6.07) is 14.4. The molecule has 5 nitrogen and oxygen atoms in total. The number of hydrogen-bond acceptors (Lipinski definition) is 3. The lowest BCUT2D eigenvalue weighted by atomic mass is 9.87. The highest BCUT2D eigenvalue weighted by Gasteiger charge is 2.39. The second-order valence-electron chi connectivity index (χ2n) is 9.15. The third-order valence-corrected chi connectivity index (χ3v) is 6.06. The standard InChI is InChI=1S/C26H32N2O3/c1-16(2)27-25(29)18(4)31-22-12-11-19-13-14-28(26(30)21-9-10-21)24(23(19)15-22)20-7-5-17(3)6-8-20/h5-8,11-12,15-16,18,21,24H,9-10,13-14H2,1-4H3,(H,27,29). The van der Waals surface area contributed by atoms with Gasteiger partial charge >= 0.3 is 0 Å². The monoisotopic (exact) mass is 420 g/mol. The minimum Gasteiger partial charge on any atom is -0.481 e. The summed E-state index contributed by atoms with van der Waals surface area (Å²) in [5.74, 6) is 0.956. The van der Waals surface area contributed by atoms with E-state index in [1.165, 1.54) is 11.1 Å². The first-order valence-corrected chi connectivity index (χ1v) is 11.3. The molecule has 2 unspecified atom stereocenters. The summed E-state index contributed by atoms with van der Waals surface area (Å²) in [6.07, 6.45) is 2.23. The van der Waals surface area contributed by atoms with Gasteiger partial charge in [-0.05, 0) is 75.8 Å². The smallest absolute Gasteiger partial charge is 0.260 e. The van der Waals surface area contributed by atoms with Crippen molar-refractivity contribution in [2.75, 3.05) is 6.54 Å². The Kier molecular flexibility index (Phi) is 6.03. The second-order valence-corrected chi connectivity index (χ2v) is 9.15. The fourth-order valence-electron chi connectivity index (χ4n) is 4.24. The largest absolute Gasteiger partial charge is 0.481 e. The maximum Gasteiger partial charge on any atom is 0.260 e. The molecule has 0 spiro atoms. The van der Waals surface area contributed by atoms with Crippen molar-refractivity contribution >= 4 is 11.8 Å². The summed E-state index contributed by atoms with van der Waals surface area (Å²) in [4.78, 5) is 27.5. The van der Waals surface area contributed by atoms with Crippen molar-refractivity contribution in [3.8, 4) is 5.75 Å². The minimum atomic E-state index is -0.592. The Labute approximate surface area is 184 Å². The molecule has 1 heterocycles. The molecule has 2 atom stereocenters. The molecule has 2 aromatic rings. The van der Waals surface area contributed by atoms with Gasteiger partial charge < -0.3 is 15.0 Å². The predicted molar refractivity (Wildman–Crippen MR) is 121 cm³/mol. The summed E-state index contributed by atoms with van der Waals surface area (Å²) in [5, 5.41) is 2.89. The zero-order chi connectivity index (χ0) is 22.1. The summed E-state index contributed by atoms with van der Waals surface area (Å²) in [6.45, 7) is 8.43. The number of carbonyl (C=O) groups excluding carboxylic acids is 2. The van der Waals surface area contributed by atoms with Crippen LogP contribution in [0.3, 0.4) is 0 Å². The van der Waals surface area contributed by atoms with E-state index in [9.17, 15) is 9.59 Å². The highest BCUT2D eigenvalue weighted by molar-refractivity contribution is 5.82. The van der Waals surface area contributed by atoms with E-state index >= 15 is 0 Å². The average Bonchev–Trinajstić information content (AvgIpc) is 3.58. The molecule has 1 aliphatic heterocycles. The number of hydrogen-bond donors (Lipinski definition) is 1. The molecule has 4 rings (SSSR count). The average molecular weight is 421 g/mol. The second kappa shape index (κ2) is 8.74. The Hall–Kier alpha value is -2.82. The molecule has 1 saturated carbocycles. The summed E-state index contributed by atoms with van der Waals surface area (Å²) in [5.41, 5.74) is 4.64. The normalized spacial score (nSPS) is 19.0. The maximum atomic E-state index is 13.1. The quantitative estimate of drug-likeness (QED) is 0.763. The number of carbonyl (C=O) groups is 2. The van der Waals surface area contributed by atoms with Gasteiger partial charge in [0, 0.05) is 18.5 Å². The number of rotatable bonds is 6. The number of benzene rings is 2. The fraction of sp³-hybridized carbons (Fsp3) is 0.462. The molecular formula is C26H32N2O3. The lowest BCUT2D eigenvalue weighted by Crippen LogP contribution is -2.41. The number of aryl methyl sites for hydroxylation is 1. The Bertz CT molecular complexity index is 963. The molecule has 164 valence electrons. The maximum absolute atomic E-state index is 13.1. The summed E-state index contributed by atoms with van der Waals surface area (Å²) < 4.78 is 5.99. The molecule has 31 heavy (non-hydrogen) atoms. The van der Waals surface area contributed by atoms with Gasteiger partial charge in [0.15, 0.2) is 6.10 Å². The molecule has 2 amide bonds. The van der Waals surface area contributed by atoms with Crippen LogP contribution in [0.1, 0.15) is 61.9 Å². The van der Waals surface area contributed by atoms with Crippen molar-refractivity contribution in [1.29, 1.82) is 0 Å². The van der Waals surface area contributed by atoms with Crippen LogP contribution >= 0.6 is 0 Å². The topological polar surface area (TPSA) is 58.6 Å². The molecule has 5 heteroatoms. The zero-order valence-electron chi connectivity index (χ0n) is 18.9. The van der Waals surface area contributed by atoms with Crippen LogP contribution in [-0.4, -0.2) is 35.4 Å². The number of nitrogens with one attached hydrogen (secondary N) is 1. The van der Waals surface area contributed by atoms with Gasteiger partial charge in [0.1, 0.15) is 5.75 Å². The first-order valence-electron chi connectivity index (χ1n) is 11.3. The van der Waals surface area contributed by atoms with E-state index in [4.69, 9.17) is 4.74 Å². The number of ether oxygens (including phenoxy) is 1. The SMILES string of the molecule is Cc1ccc(C2c3cc(OC(C)C(=O)NC(C)C)ccc3CCN2C(=O)C2CC2)cc1. The van der Waals surface area contributed by atoms with Crippen LogP contribution in [0.5, 0.6) is 5.75 Å². The molecule has 0 saturated heterocycles. The van der Waals surface area contributed by atoms with Crippen LogP contribution in [0.15, 0.2) is 42.5 Å². The molecule has 1 N–H and O–H groups in total. The van der Waals surface area contributed by atoms with E-state index in [2.05, 4.69) is 42.6 Å². The van der Waals surface area contributed by atoms with E-state index in [0.717, 1.165) is 36.9 Å². The van der Waals surface area contributed by atoms with Gasteiger partial charge in [0.25, 0.3) is 5.91 Å². The molecular weight excluding hydrogens is 388 g/mol. The third-order valence-electron chi connectivity index (χ3n) is 6.06. The Morgan fingerprint density at radius 2 is 1.77 bits per heavy atom. The first-order chi connectivity index (χ1) is 14.8. The highest BCUT2D eigenvalue weighted by atomic mass is 16.5. The van der Waals surface area contributed by atoms with E-state index in [1.54, 1.807) is 6.92 Å². The lowest BCUT2D eigenvalue weighted by Gasteiger charge is -2.38. The van der Waals surface area contributed by atoms with E-state index in [1.807, 2.05) is 30.9 Å². The zero-order valence-corrected chi connectivity index (χ0v) is 18.9. The fourth-order valence-corrected chi connectivity index (χ4v) is 4.24. The molecule has 0 aromatic heterocycles. The van der Waals surface area contributed by atoms with Crippen molar-refractivity contribution in [2.45, 2.75) is 65.1 Å². The van der Waals surface area contributed by atoms with Gasteiger partial charge in [-0.1, -0.05) is 35.9 Å². The van der Waals surface area contributed by atoms with Gasteiger partial charge in [0.2, 0.25) is 5.91 Å². The summed E-state index contributed by atoms with van der Waals surface area (Å²) in [7, 11) is 0. The van der Waals surface area contributed by atoms with Gasteiger partial charge in [0.05, 0.1) is 6.04 Å². The van der Waals surface area contributed by atoms with Gasteiger partial charge in [-0.15, -0.1) is 0 Å². The van der Waals surface area contributed by atoms with Crippen molar-refractivity contribution in [3.63, 3.8) is 0 Å². The molecule has 0 radical (unpaired) electrons. The van der Waals surface area contributed by atoms with Gasteiger partial charge in [-0.3, -0.25) is 9.59 Å². The third kappa shape index (κ3) is 4.76. The van der Waals surface area contributed by atoms with Crippen LogP contribution in [0, 0.1) is 12.8 Å². The Balaban J connectivity index is 1.66. The highest BCUT2D eigenvalue weighted by Crippen LogP contribution is 2.41. The van der Waals surface area contributed by atoms with Crippen LogP contribution in [-0.2, 0) is 16.0 Å². The van der Waals surface area contributed by atoms with Crippen molar-refractivity contribution in [2.24, 2.45) is 5.92 Å². The number of amides is 2.